The summed E-state index contributed by atoms with van der Waals surface area (Å²) < 4.78 is 55.6. The van der Waals surface area contributed by atoms with E-state index in [1.54, 1.807) is 13.8 Å². The molecule has 0 aromatic carbocycles. The van der Waals surface area contributed by atoms with Gasteiger partial charge in [0.1, 0.15) is 12.2 Å². The van der Waals surface area contributed by atoms with Crippen molar-refractivity contribution in [3.05, 3.63) is 0 Å². The molecule has 140 valence electrons. The van der Waals surface area contributed by atoms with Crippen molar-refractivity contribution in [3.63, 3.8) is 0 Å². The predicted octanol–water partition coefficient (Wildman–Crippen LogP) is 1.36. The number of fused-ring (bicyclic) bond motifs is 3. The van der Waals surface area contributed by atoms with Crippen LogP contribution in [0.15, 0.2) is 0 Å². The summed E-state index contributed by atoms with van der Waals surface area (Å²) in [6.07, 6.45) is -2.99. The second-order valence-corrected chi connectivity index (χ2v) is 9.05. The van der Waals surface area contributed by atoms with Gasteiger partial charge < -0.3 is 19.3 Å². The minimum Gasteiger partial charge on any atom is -0.370 e. The van der Waals surface area contributed by atoms with Gasteiger partial charge in [-0.2, -0.15) is 0 Å². The van der Waals surface area contributed by atoms with Crippen LogP contribution in [-0.4, -0.2) is 59.6 Å². The highest BCUT2D eigenvalue weighted by molar-refractivity contribution is 7.47. The first-order valence-corrected chi connectivity index (χ1v) is 10.7. The van der Waals surface area contributed by atoms with Crippen LogP contribution >= 0.6 is 15.6 Å². The Hall–Kier alpha value is 0.140. The molecule has 0 amide bonds. The molecule has 0 aliphatic carbocycles. The molecule has 3 heterocycles. The molecule has 0 aromatic heterocycles. The lowest BCUT2D eigenvalue weighted by molar-refractivity contribution is -0.0373. The summed E-state index contributed by atoms with van der Waals surface area (Å²) in [5.74, 6) is 0. The lowest BCUT2D eigenvalue weighted by Crippen LogP contribution is -2.29. The third kappa shape index (κ3) is 4.65. The molecule has 0 saturated carbocycles. The van der Waals surface area contributed by atoms with E-state index < -0.39 is 46.2 Å². The number of phosphoric acid groups is 2. The quantitative estimate of drug-likeness (QED) is 0.587. The first kappa shape index (κ1) is 18.9. The van der Waals surface area contributed by atoms with E-state index in [4.69, 9.17) is 27.6 Å². The maximum Gasteiger partial charge on any atom is 0.472 e. The van der Waals surface area contributed by atoms with E-state index in [1.165, 1.54) is 0 Å². The number of rotatable bonds is 0. The lowest BCUT2D eigenvalue weighted by Gasteiger charge is -2.23. The Kier molecular flexibility index (Phi) is 5.55. The van der Waals surface area contributed by atoms with Crippen LogP contribution in [0.2, 0.25) is 0 Å². The van der Waals surface area contributed by atoms with Crippen LogP contribution in [0.25, 0.3) is 0 Å². The first-order valence-electron chi connectivity index (χ1n) is 7.76. The highest BCUT2D eigenvalue weighted by Gasteiger charge is 2.44. The standard InChI is InChI=1S/C12H22O10P2/c1-7-3-11-12(19-7)6-18-24(15,16)21-10-4-9(20-8(10)2)5-17-23(13,14)22-11/h7-12H,3-6H2,1-2H3,(H,13,14)(H,15,16). The van der Waals surface area contributed by atoms with Gasteiger partial charge >= 0.3 is 15.6 Å². The Morgan fingerprint density at radius 2 is 1.46 bits per heavy atom. The number of hydrogen-bond donors (Lipinski definition) is 2. The average molecular weight is 388 g/mol. The molecule has 24 heavy (non-hydrogen) atoms. The fourth-order valence-electron chi connectivity index (χ4n) is 3.06. The molecule has 0 radical (unpaired) electrons. The zero-order valence-electron chi connectivity index (χ0n) is 13.3. The molecule has 8 unspecified atom stereocenters. The Morgan fingerprint density at radius 3 is 2.17 bits per heavy atom. The Labute approximate surface area is 139 Å². The number of hydrogen-bond acceptors (Lipinski definition) is 8. The molecule has 8 atom stereocenters. The van der Waals surface area contributed by atoms with Gasteiger partial charge in [0.15, 0.2) is 0 Å². The van der Waals surface area contributed by atoms with E-state index in [0.717, 1.165) is 0 Å². The molecule has 12 heteroatoms. The number of phosphoric ester groups is 2. The summed E-state index contributed by atoms with van der Waals surface area (Å²) in [5.41, 5.74) is 0. The van der Waals surface area contributed by atoms with Gasteiger partial charge in [-0.25, -0.2) is 9.13 Å². The molecular weight excluding hydrogens is 366 g/mol. The molecule has 3 aliphatic rings. The Balaban J connectivity index is 1.78. The molecule has 3 rings (SSSR count). The van der Waals surface area contributed by atoms with Crippen LogP contribution in [0.1, 0.15) is 26.7 Å². The topological polar surface area (TPSA) is 130 Å². The second-order valence-electron chi connectivity index (χ2n) is 6.24. The molecule has 2 bridgehead atoms. The average Bonchev–Trinajstić information content (AvgIpc) is 2.96. The molecule has 0 spiro atoms. The van der Waals surface area contributed by atoms with Crippen LogP contribution in [0.5, 0.6) is 0 Å². The third-order valence-electron chi connectivity index (χ3n) is 4.17. The molecule has 3 fully saturated rings. The lowest BCUT2D eigenvalue weighted by atomic mass is 10.1. The predicted molar refractivity (Wildman–Crippen MR) is 79.2 cm³/mol. The van der Waals surface area contributed by atoms with Crippen LogP contribution in [0.3, 0.4) is 0 Å². The Bertz CT molecular complexity index is 550. The van der Waals surface area contributed by atoms with Crippen molar-refractivity contribution >= 4 is 15.6 Å². The van der Waals surface area contributed by atoms with Gasteiger partial charge in [0, 0.05) is 12.8 Å². The summed E-state index contributed by atoms with van der Waals surface area (Å²) in [5, 5.41) is 0. The molecular formula is C12H22O10P2. The summed E-state index contributed by atoms with van der Waals surface area (Å²) in [6, 6.07) is 0. The van der Waals surface area contributed by atoms with E-state index in [9.17, 15) is 18.9 Å². The zero-order valence-corrected chi connectivity index (χ0v) is 15.1. The van der Waals surface area contributed by atoms with Crippen LogP contribution in [0.4, 0.5) is 0 Å². The third-order valence-corrected chi connectivity index (χ3v) is 6.20. The van der Waals surface area contributed by atoms with Gasteiger partial charge in [-0.1, -0.05) is 0 Å². The normalized spacial score (nSPS) is 53.7. The molecule has 3 aliphatic heterocycles. The maximum atomic E-state index is 12.1. The van der Waals surface area contributed by atoms with Crippen molar-refractivity contribution in [2.45, 2.75) is 63.3 Å². The van der Waals surface area contributed by atoms with Gasteiger partial charge in [0.05, 0.1) is 37.6 Å². The van der Waals surface area contributed by atoms with Gasteiger partial charge in [-0.05, 0) is 13.8 Å². The SMILES string of the molecule is CC1CC2OP(=O)(O)OCC3CC(OP(=O)(O)OCC2O1)C(C)O3. The monoisotopic (exact) mass is 388 g/mol. The minimum atomic E-state index is -4.33. The second kappa shape index (κ2) is 7.04. The highest BCUT2D eigenvalue weighted by Crippen LogP contribution is 2.51. The smallest absolute Gasteiger partial charge is 0.370 e. The van der Waals surface area contributed by atoms with Crippen molar-refractivity contribution in [1.82, 2.24) is 0 Å². The summed E-state index contributed by atoms with van der Waals surface area (Å²) in [7, 11) is -8.65. The van der Waals surface area contributed by atoms with Crippen molar-refractivity contribution < 1.29 is 46.5 Å². The van der Waals surface area contributed by atoms with Gasteiger partial charge in [0.25, 0.3) is 0 Å². The van der Waals surface area contributed by atoms with Crippen LogP contribution in [0, 0.1) is 0 Å². The van der Waals surface area contributed by atoms with Gasteiger partial charge in [-0.3, -0.25) is 18.1 Å². The van der Waals surface area contributed by atoms with Gasteiger partial charge in [0.2, 0.25) is 0 Å². The van der Waals surface area contributed by atoms with Crippen molar-refractivity contribution in [2.24, 2.45) is 0 Å². The summed E-state index contributed by atoms with van der Waals surface area (Å²) in [6.45, 7) is 2.92. The van der Waals surface area contributed by atoms with E-state index >= 15 is 0 Å². The van der Waals surface area contributed by atoms with E-state index in [0.29, 0.717) is 6.42 Å². The summed E-state index contributed by atoms with van der Waals surface area (Å²) in [4.78, 5) is 19.8. The first-order chi connectivity index (χ1) is 11.1. The van der Waals surface area contributed by atoms with Gasteiger partial charge in [-0.15, -0.1) is 0 Å². The van der Waals surface area contributed by atoms with E-state index in [-0.39, 0.29) is 25.7 Å². The van der Waals surface area contributed by atoms with E-state index in [1.807, 2.05) is 0 Å². The maximum absolute atomic E-state index is 12.1. The molecule has 2 N–H and O–H groups in total. The minimum absolute atomic E-state index is 0.192. The van der Waals surface area contributed by atoms with Crippen molar-refractivity contribution in [1.29, 1.82) is 0 Å². The molecule has 0 aromatic rings. The highest BCUT2D eigenvalue weighted by atomic mass is 31.2. The van der Waals surface area contributed by atoms with Crippen molar-refractivity contribution in [2.75, 3.05) is 13.2 Å². The van der Waals surface area contributed by atoms with Crippen molar-refractivity contribution in [3.8, 4) is 0 Å². The molecule has 3 saturated heterocycles. The fraction of sp³-hybridized carbons (Fsp3) is 1.00. The molecule has 10 nitrogen and oxygen atoms in total. The summed E-state index contributed by atoms with van der Waals surface area (Å²) >= 11 is 0. The number of ether oxygens (including phenoxy) is 2. The fourth-order valence-corrected chi connectivity index (χ4v) is 5.03. The van der Waals surface area contributed by atoms with Crippen LogP contribution in [-0.2, 0) is 36.7 Å². The zero-order chi connectivity index (χ0) is 17.5. The Morgan fingerprint density at radius 1 is 0.833 bits per heavy atom. The largest absolute Gasteiger partial charge is 0.472 e. The van der Waals surface area contributed by atoms with E-state index in [2.05, 4.69) is 0 Å². The van der Waals surface area contributed by atoms with Crippen LogP contribution < -0.4 is 0 Å².